The average Bonchev–Trinajstić information content (AvgIpc) is 3.32. The van der Waals surface area contributed by atoms with Gasteiger partial charge in [-0.05, 0) is 55.8 Å². The number of thiazole rings is 1. The molecule has 0 fully saturated rings. The Morgan fingerprint density at radius 1 is 0.977 bits per heavy atom. The molecule has 1 aliphatic rings. The number of nitrogens with zero attached hydrogens (tertiary/aromatic N) is 2. The molecule has 0 saturated heterocycles. The molecule has 0 unspecified atom stereocenters. The van der Waals surface area contributed by atoms with Gasteiger partial charge in [0, 0.05) is 27.4 Å². The van der Waals surface area contributed by atoms with Gasteiger partial charge in [-0.2, -0.15) is 0 Å². The van der Waals surface area contributed by atoms with Crippen LogP contribution in [0, 0.1) is 0 Å². The number of hydrogen-bond acceptors (Lipinski definition) is 8. The summed E-state index contributed by atoms with van der Waals surface area (Å²) in [5.74, 6) is 1.06. The van der Waals surface area contributed by atoms with Crippen molar-refractivity contribution in [2.24, 2.45) is 4.99 Å². The van der Waals surface area contributed by atoms with Crippen molar-refractivity contribution in [1.29, 1.82) is 0 Å². The van der Waals surface area contributed by atoms with Crippen LogP contribution in [0.15, 0.2) is 82.2 Å². The molecule has 8 nitrogen and oxygen atoms in total. The van der Waals surface area contributed by atoms with Crippen LogP contribution in [0.25, 0.3) is 6.08 Å². The van der Waals surface area contributed by atoms with Crippen LogP contribution < -0.4 is 29.1 Å². The van der Waals surface area contributed by atoms with Gasteiger partial charge in [-0.15, -0.1) is 0 Å². The van der Waals surface area contributed by atoms with Crippen molar-refractivity contribution >= 4 is 46.6 Å². The van der Waals surface area contributed by atoms with Gasteiger partial charge in [-0.1, -0.05) is 64.9 Å². The topological polar surface area (TPSA) is 88.4 Å². The van der Waals surface area contributed by atoms with E-state index in [9.17, 15) is 9.59 Å². The van der Waals surface area contributed by atoms with E-state index in [0.29, 0.717) is 61.0 Å². The van der Waals surface area contributed by atoms with Gasteiger partial charge in [-0.3, -0.25) is 9.36 Å². The predicted octanol–water partition coefficient (Wildman–Crippen LogP) is 5.70. The molecule has 1 aliphatic heterocycles. The average molecular weight is 640 g/mol. The minimum Gasteiger partial charge on any atom is -0.490 e. The zero-order chi connectivity index (χ0) is 30.5. The lowest BCUT2D eigenvalue weighted by atomic mass is 9.97. The SMILES string of the molecule is CCOc1ccc([C@@H]2C(C(=O)OC)=CN=c3s/c(=C/c4ccccc4OCc4ccc(Cl)cc4Cl)c(=O)n32)cc1OCC. The third kappa shape index (κ3) is 6.49. The lowest BCUT2D eigenvalue weighted by Crippen LogP contribution is -2.39. The Kier molecular flexibility index (Phi) is 9.55. The predicted molar refractivity (Wildman–Crippen MR) is 167 cm³/mol. The minimum atomic E-state index is -0.792. The third-order valence-electron chi connectivity index (χ3n) is 6.61. The Balaban J connectivity index is 1.57. The molecule has 0 radical (unpaired) electrons. The van der Waals surface area contributed by atoms with Gasteiger partial charge in [0.1, 0.15) is 12.4 Å². The van der Waals surface area contributed by atoms with Gasteiger partial charge in [0.25, 0.3) is 5.56 Å². The fourth-order valence-corrected chi connectivity index (χ4v) is 6.08. The van der Waals surface area contributed by atoms with E-state index in [1.807, 2.05) is 50.2 Å². The number of esters is 1. The largest absolute Gasteiger partial charge is 0.490 e. The number of hydrogen-bond donors (Lipinski definition) is 0. The number of benzene rings is 3. The van der Waals surface area contributed by atoms with E-state index in [0.717, 1.165) is 5.56 Å². The number of aromatic nitrogens is 1. The molecule has 4 aromatic rings. The maximum absolute atomic E-state index is 14.0. The maximum atomic E-state index is 14.0. The summed E-state index contributed by atoms with van der Waals surface area (Å²) in [6, 6.07) is 17.2. The summed E-state index contributed by atoms with van der Waals surface area (Å²) in [5.41, 5.74) is 2.02. The van der Waals surface area contributed by atoms with Crippen molar-refractivity contribution in [3.63, 3.8) is 0 Å². The van der Waals surface area contributed by atoms with Crippen LogP contribution in [0.2, 0.25) is 10.0 Å². The molecule has 0 bridgehead atoms. The molecular formula is C32H28Cl2N2O6S. The molecule has 0 aliphatic carbocycles. The summed E-state index contributed by atoms with van der Waals surface area (Å²) >= 11 is 13.6. The second-order valence-corrected chi connectivity index (χ2v) is 11.2. The highest BCUT2D eigenvalue weighted by molar-refractivity contribution is 7.07. The van der Waals surface area contributed by atoms with E-state index >= 15 is 0 Å². The van der Waals surface area contributed by atoms with Crippen LogP contribution in [-0.4, -0.2) is 30.9 Å². The monoisotopic (exact) mass is 638 g/mol. The van der Waals surface area contributed by atoms with Crippen molar-refractivity contribution in [1.82, 2.24) is 4.57 Å². The quantitative estimate of drug-likeness (QED) is 0.207. The number of fused-ring (bicyclic) bond motifs is 1. The molecule has 1 atom stereocenters. The molecule has 11 heteroatoms. The number of rotatable bonds is 10. The molecule has 0 amide bonds. The first-order chi connectivity index (χ1) is 20.8. The van der Waals surface area contributed by atoms with E-state index in [4.69, 9.17) is 42.1 Å². The van der Waals surface area contributed by atoms with Gasteiger partial charge in [0.05, 0.1) is 36.5 Å². The van der Waals surface area contributed by atoms with Crippen LogP contribution >= 0.6 is 34.5 Å². The Morgan fingerprint density at radius 2 is 1.74 bits per heavy atom. The molecule has 43 heavy (non-hydrogen) atoms. The highest BCUT2D eigenvalue weighted by atomic mass is 35.5. The van der Waals surface area contributed by atoms with E-state index in [1.165, 1.54) is 29.2 Å². The molecule has 1 aromatic heterocycles. The van der Waals surface area contributed by atoms with Gasteiger partial charge >= 0.3 is 5.97 Å². The summed E-state index contributed by atoms with van der Waals surface area (Å²) in [7, 11) is 1.29. The molecule has 5 rings (SSSR count). The second-order valence-electron chi connectivity index (χ2n) is 9.31. The van der Waals surface area contributed by atoms with Crippen LogP contribution in [0.3, 0.4) is 0 Å². The molecule has 222 valence electrons. The highest BCUT2D eigenvalue weighted by Gasteiger charge is 2.31. The van der Waals surface area contributed by atoms with Crippen LogP contribution in [0.1, 0.15) is 36.6 Å². The number of carbonyl (C=O) groups excluding carboxylic acids is 1. The van der Waals surface area contributed by atoms with E-state index < -0.39 is 12.0 Å². The number of para-hydroxylation sites is 1. The van der Waals surface area contributed by atoms with Gasteiger partial charge in [0.15, 0.2) is 16.3 Å². The van der Waals surface area contributed by atoms with Gasteiger partial charge in [-0.25, -0.2) is 9.79 Å². The first kappa shape index (κ1) is 30.4. The van der Waals surface area contributed by atoms with Crippen molar-refractivity contribution in [3.05, 3.63) is 119 Å². The second kappa shape index (κ2) is 13.5. The summed E-state index contributed by atoms with van der Waals surface area (Å²) < 4.78 is 24.6. The summed E-state index contributed by atoms with van der Waals surface area (Å²) in [6.45, 7) is 4.84. The lowest BCUT2D eigenvalue weighted by Gasteiger charge is -2.23. The van der Waals surface area contributed by atoms with Crippen molar-refractivity contribution in [2.75, 3.05) is 20.3 Å². The van der Waals surface area contributed by atoms with Gasteiger partial charge < -0.3 is 18.9 Å². The Bertz CT molecular complexity index is 1880. The molecule has 2 heterocycles. The molecular weight excluding hydrogens is 611 g/mol. The molecule has 3 aromatic carbocycles. The highest BCUT2D eigenvalue weighted by Crippen LogP contribution is 2.35. The zero-order valence-corrected chi connectivity index (χ0v) is 26.0. The Labute approximate surface area is 262 Å². The molecule has 0 spiro atoms. The number of carbonyl (C=O) groups is 1. The van der Waals surface area contributed by atoms with Gasteiger partial charge in [0.2, 0.25) is 0 Å². The third-order valence-corrected chi connectivity index (χ3v) is 8.20. The number of methoxy groups -OCH3 is 1. The standard InChI is InChI=1S/C32H28Cl2N2O6S/c1-4-40-26-13-11-20(14-27(26)41-5-2)29-23(31(38)39-3)17-35-32-36(29)30(37)28(43-32)15-19-8-6-7-9-25(19)42-18-21-10-12-22(33)16-24(21)34/h6-17,29H,4-5,18H2,1-3H3/b28-15+/t29-/m1/s1. The Hall–Kier alpha value is -4.05. The summed E-state index contributed by atoms with van der Waals surface area (Å²) in [4.78, 5) is 31.7. The van der Waals surface area contributed by atoms with E-state index in [-0.39, 0.29) is 17.7 Å². The lowest BCUT2D eigenvalue weighted by molar-refractivity contribution is -0.136. The van der Waals surface area contributed by atoms with Crippen molar-refractivity contribution in [2.45, 2.75) is 26.5 Å². The molecule has 0 N–H and O–H groups in total. The number of halogens is 2. The van der Waals surface area contributed by atoms with Crippen LogP contribution in [0.4, 0.5) is 0 Å². The van der Waals surface area contributed by atoms with E-state index in [1.54, 1.807) is 30.3 Å². The minimum absolute atomic E-state index is 0.213. The van der Waals surface area contributed by atoms with E-state index in [2.05, 4.69) is 4.99 Å². The first-order valence-electron chi connectivity index (χ1n) is 13.5. The van der Waals surface area contributed by atoms with Crippen molar-refractivity contribution in [3.8, 4) is 17.2 Å². The summed E-state index contributed by atoms with van der Waals surface area (Å²) in [5, 5.41) is 1.04. The Morgan fingerprint density at radius 3 is 2.49 bits per heavy atom. The fraction of sp³-hybridized carbons (Fsp3) is 0.219. The fourth-order valence-electron chi connectivity index (χ4n) is 4.65. The van der Waals surface area contributed by atoms with Crippen LogP contribution in [-0.2, 0) is 16.1 Å². The number of ether oxygens (including phenoxy) is 4. The maximum Gasteiger partial charge on any atom is 0.337 e. The molecule has 0 saturated carbocycles. The zero-order valence-electron chi connectivity index (χ0n) is 23.6. The van der Waals surface area contributed by atoms with Crippen LogP contribution in [0.5, 0.6) is 17.2 Å². The van der Waals surface area contributed by atoms with Crippen molar-refractivity contribution < 1.29 is 23.7 Å². The summed E-state index contributed by atoms with van der Waals surface area (Å²) in [6.07, 6.45) is 3.21. The normalized spacial score (nSPS) is 14.4. The smallest absolute Gasteiger partial charge is 0.337 e. The first-order valence-corrected chi connectivity index (χ1v) is 15.1.